The monoisotopic (exact) mass is 191 g/mol. The van der Waals surface area contributed by atoms with Crippen LogP contribution < -0.4 is 5.73 Å². The van der Waals surface area contributed by atoms with Gasteiger partial charge in [0.05, 0.1) is 5.92 Å². The van der Waals surface area contributed by atoms with E-state index in [0.29, 0.717) is 5.56 Å². The smallest absolute Gasteiger partial charge is 0.224 e. The van der Waals surface area contributed by atoms with Crippen LogP contribution in [0.3, 0.4) is 0 Å². The van der Waals surface area contributed by atoms with Crippen LogP contribution in [0.2, 0.25) is 0 Å². The van der Waals surface area contributed by atoms with E-state index in [9.17, 15) is 9.59 Å². The third-order valence-corrected chi connectivity index (χ3v) is 2.24. The van der Waals surface area contributed by atoms with Crippen LogP contribution in [0.4, 0.5) is 0 Å². The number of carbonyl (C=O) groups excluding carboxylic acids is 2. The predicted octanol–water partition coefficient (Wildman–Crippen LogP) is 1.48. The molecule has 1 rings (SSSR count). The number of nitrogens with two attached hydrogens (primary N) is 1. The van der Waals surface area contributed by atoms with Crippen LogP contribution in [0.1, 0.15) is 35.7 Å². The molecule has 3 heteroatoms. The van der Waals surface area contributed by atoms with Gasteiger partial charge in [0, 0.05) is 5.56 Å². The molecular formula is C11H13NO2. The molecule has 74 valence electrons. The maximum atomic E-state index is 11.0. The number of amides is 1. The molecular weight excluding hydrogens is 178 g/mol. The van der Waals surface area contributed by atoms with Gasteiger partial charge in [0.25, 0.3) is 0 Å². The first-order valence-corrected chi connectivity index (χ1v) is 4.42. The van der Waals surface area contributed by atoms with Gasteiger partial charge in [-0.15, -0.1) is 0 Å². The van der Waals surface area contributed by atoms with Crippen molar-refractivity contribution < 1.29 is 9.59 Å². The van der Waals surface area contributed by atoms with Crippen LogP contribution in [0.15, 0.2) is 24.3 Å². The highest BCUT2D eigenvalue weighted by atomic mass is 16.1. The second-order valence-electron chi connectivity index (χ2n) is 3.30. The molecule has 3 nitrogen and oxygen atoms in total. The average Bonchev–Trinajstić information content (AvgIpc) is 2.16. The van der Waals surface area contributed by atoms with Crippen LogP contribution in [0.25, 0.3) is 0 Å². The van der Waals surface area contributed by atoms with Crippen molar-refractivity contribution in [1.29, 1.82) is 0 Å². The number of benzene rings is 1. The largest absolute Gasteiger partial charge is 0.369 e. The summed E-state index contributed by atoms with van der Waals surface area (Å²) < 4.78 is 0. The molecule has 1 aromatic carbocycles. The lowest BCUT2D eigenvalue weighted by atomic mass is 9.99. The molecule has 0 saturated heterocycles. The first-order valence-electron chi connectivity index (χ1n) is 4.42. The summed E-state index contributed by atoms with van der Waals surface area (Å²) >= 11 is 0. The minimum atomic E-state index is -0.361. The molecule has 0 aliphatic carbocycles. The van der Waals surface area contributed by atoms with Crippen molar-refractivity contribution >= 4 is 11.7 Å². The molecule has 1 amide bonds. The number of carbonyl (C=O) groups is 2. The molecule has 0 saturated carbocycles. The SMILES string of the molecule is CC(=O)c1ccc(C(C)C(N)=O)cc1. The Balaban J connectivity index is 2.94. The Morgan fingerprint density at radius 2 is 1.71 bits per heavy atom. The summed E-state index contributed by atoms with van der Waals surface area (Å²) in [6.45, 7) is 3.25. The van der Waals surface area contributed by atoms with Gasteiger partial charge in [0.1, 0.15) is 0 Å². The Morgan fingerprint density at radius 3 is 2.07 bits per heavy atom. The normalized spacial score (nSPS) is 12.1. The first-order chi connectivity index (χ1) is 6.52. The lowest BCUT2D eigenvalue weighted by Gasteiger charge is -2.07. The van der Waals surface area contributed by atoms with E-state index in [4.69, 9.17) is 5.73 Å². The van der Waals surface area contributed by atoms with Crippen molar-refractivity contribution in [2.45, 2.75) is 19.8 Å². The quantitative estimate of drug-likeness (QED) is 0.735. The van der Waals surface area contributed by atoms with Crippen LogP contribution in [0.5, 0.6) is 0 Å². The van der Waals surface area contributed by atoms with E-state index < -0.39 is 0 Å². The van der Waals surface area contributed by atoms with Gasteiger partial charge in [-0.2, -0.15) is 0 Å². The van der Waals surface area contributed by atoms with Gasteiger partial charge in [-0.1, -0.05) is 24.3 Å². The first kappa shape index (κ1) is 10.4. The fourth-order valence-corrected chi connectivity index (χ4v) is 1.17. The van der Waals surface area contributed by atoms with Crippen LogP contribution in [-0.2, 0) is 4.79 Å². The molecule has 0 bridgehead atoms. The number of ketones is 1. The zero-order chi connectivity index (χ0) is 10.7. The van der Waals surface area contributed by atoms with Crippen LogP contribution in [0, 0.1) is 0 Å². The topological polar surface area (TPSA) is 60.2 Å². The molecule has 0 aliphatic rings. The lowest BCUT2D eigenvalue weighted by Crippen LogP contribution is -2.18. The highest BCUT2D eigenvalue weighted by molar-refractivity contribution is 5.94. The van der Waals surface area contributed by atoms with Gasteiger partial charge < -0.3 is 5.73 Å². The molecule has 0 heterocycles. The highest BCUT2D eigenvalue weighted by Gasteiger charge is 2.11. The van der Waals surface area contributed by atoms with Gasteiger partial charge >= 0.3 is 0 Å². The van der Waals surface area contributed by atoms with Gasteiger partial charge in [0.15, 0.2) is 5.78 Å². The highest BCUT2D eigenvalue weighted by Crippen LogP contribution is 2.15. The summed E-state index contributed by atoms with van der Waals surface area (Å²) in [5, 5.41) is 0. The summed E-state index contributed by atoms with van der Waals surface area (Å²) in [6, 6.07) is 6.92. The minimum Gasteiger partial charge on any atom is -0.369 e. The third kappa shape index (κ3) is 2.19. The van der Waals surface area contributed by atoms with E-state index in [-0.39, 0.29) is 17.6 Å². The summed E-state index contributed by atoms with van der Waals surface area (Å²) in [5.74, 6) is -0.653. The molecule has 0 fully saturated rings. The summed E-state index contributed by atoms with van der Waals surface area (Å²) in [5.41, 5.74) is 6.64. The molecule has 1 aromatic rings. The van der Waals surface area contributed by atoms with E-state index >= 15 is 0 Å². The maximum absolute atomic E-state index is 11.0. The Kier molecular flexibility index (Phi) is 3.02. The number of hydrogen-bond donors (Lipinski definition) is 1. The Bertz CT molecular complexity index is 354. The lowest BCUT2D eigenvalue weighted by molar-refractivity contribution is -0.119. The van der Waals surface area contributed by atoms with Crippen molar-refractivity contribution in [3.05, 3.63) is 35.4 Å². The summed E-state index contributed by atoms with van der Waals surface area (Å²) in [7, 11) is 0. The molecule has 1 unspecified atom stereocenters. The van der Waals surface area contributed by atoms with Gasteiger partial charge in [0.2, 0.25) is 5.91 Å². The molecule has 0 aromatic heterocycles. The Labute approximate surface area is 82.9 Å². The van der Waals surface area contributed by atoms with Crippen molar-refractivity contribution in [3.63, 3.8) is 0 Å². The molecule has 0 aliphatic heterocycles. The van der Waals surface area contributed by atoms with Gasteiger partial charge in [-0.3, -0.25) is 9.59 Å². The summed E-state index contributed by atoms with van der Waals surface area (Å²) in [6.07, 6.45) is 0. The molecule has 14 heavy (non-hydrogen) atoms. The molecule has 0 spiro atoms. The fraction of sp³-hybridized carbons (Fsp3) is 0.273. The fourth-order valence-electron chi connectivity index (χ4n) is 1.17. The molecule has 0 radical (unpaired) electrons. The van der Waals surface area contributed by atoms with E-state index in [1.807, 2.05) is 0 Å². The van der Waals surface area contributed by atoms with E-state index in [0.717, 1.165) is 5.56 Å². The van der Waals surface area contributed by atoms with E-state index in [2.05, 4.69) is 0 Å². The predicted molar refractivity (Wildman–Crippen MR) is 54.1 cm³/mol. The van der Waals surface area contributed by atoms with Crippen molar-refractivity contribution in [1.82, 2.24) is 0 Å². The zero-order valence-corrected chi connectivity index (χ0v) is 8.28. The van der Waals surface area contributed by atoms with Crippen LogP contribution in [-0.4, -0.2) is 11.7 Å². The second kappa shape index (κ2) is 4.05. The van der Waals surface area contributed by atoms with E-state index in [1.165, 1.54) is 6.92 Å². The van der Waals surface area contributed by atoms with Crippen molar-refractivity contribution in [2.75, 3.05) is 0 Å². The number of hydrogen-bond acceptors (Lipinski definition) is 2. The third-order valence-electron chi connectivity index (χ3n) is 2.24. The Morgan fingerprint density at radius 1 is 1.21 bits per heavy atom. The standard InChI is InChI=1S/C11H13NO2/c1-7(11(12)14)9-3-5-10(6-4-9)8(2)13/h3-7H,1-2H3,(H2,12,14). The minimum absolute atomic E-state index is 0.0169. The molecule has 1 atom stereocenters. The average molecular weight is 191 g/mol. The van der Waals surface area contributed by atoms with Crippen molar-refractivity contribution in [3.8, 4) is 0 Å². The number of Topliss-reactive ketones (excluding diaryl/α,β-unsaturated/α-hetero) is 1. The molecule has 2 N–H and O–H groups in total. The maximum Gasteiger partial charge on any atom is 0.224 e. The van der Waals surface area contributed by atoms with Gasteiger partial charge in [-0.05, 0) is 19.4 Å². The zero-order valence-electron chi connectivity index (χ0n) is 8.28. The Hall–Kier alpha value is -1.64. The second-order valence-corrected chi connectivity index (χ2v) is 3.30. The van der Waals surface area contributed by atoms with Crippen molar-refractivity contribution in [2.24, 2.45) is 5.73 Å². The summed E-state index contributed by atoms with van der Waals surface area (Å²) in [4.78, 5) is 21.8. The number of primary amides is 1. The number of rotatable bonds is 3. The van der Waals surface area contributed by atoms with Crippen LogP contribution >= 0.6 is 0 Å². The van der Waals surface area contributed by atoms with Gasteiger partial charge in [-0.25, -0.2) is 0 Å². The van der Waals surface area contributed by atoms with E-state index in [1.54, 1.807) is 31.2 Å².